The van der Waals surface area contributed by atoms with Crippen molar-refractivity contribution in [3.63, 3.8) is 0 Å². The van der Waals surface area contributed by atoms with Crippen LogP contribution >= 0.6 is 0 Å². The maximum absolute atomic E-state index is 12.0. The molecule has 0 saturated carbocycles. The van der Waals surface area contributed by atoms with E-state index in [-0.39, 0.29) is 17.9 Å². The molecule has 0 spiro atoms. The fourth-order valence-corrected chi connectivity index (χ4v) is 2.76. The summed E-state index contributed by atoms with van der Waals surface area (Å²) >= 11 is 0. The number of rotatable bonds is 5. The molecule has 1 N–H and O–H groups in total. The van der Waals surface area contributed by atoms with Crippen LogP contribution in [0.2, 0.25) is 0 Å². The van der Waals surface area contributed by atoms with Gasteiger partial charge in [-0.2, -0.15) is 0 Å². The molecule has 4 heteroatoms. The van der Waals surface area contributed by atoms with Crippen molar-refractivity contribution >= 4 is 11.9 Å². The number of hydrogen-bond acceptors (Lipinski definition) is 3. The molecule has 0 heterocycles. The molecular formula is C16H21NO3. The van der Waals surface area contributed by atoms with Crippen molar-refractivity contribution in [1.82, 2.24) is 5.32 Å². The molecule has 0 fully saturated rings. The predicted molar refractivity (Wildman–Crippen MR) is 76.1 cm³/mol. The van der Waals surface area contributed by atoms with Gasteiger partial charge >= 0.3 is 5.97 Å². The highest BCUT2D eigenvalue weighted by Crippen LogP contribution is 2.35. The lowest BCUT2D eigenvalue weighted by atomic mass is 10.0. The van der Waals surface area contributed by atoms with Gasteiger partial charge in [-0.3, -0.25) is 9.59 Å². The van der Waals surface area contributed by atoms with Crippen molar-refractivity contribution in [2.24, 2.45) is 5.92 Å². The molecule has 20 heavy (non-hydrogen) atoms. The quantitative estimate of drug-likeness (QED) is 0.839. The number of hydrogen-bond donors (Lipinski definition) is 1. The van der Waals surface area contributed by atoms with Crippen molar-refractivity contribution in [3.05, 3.63) is 35.4 Å². The van der Waals surface area contributed by atoms with Gasteiger partial charge in [-0.05, 0) is 29.9 Å². The first-order chi connectivity index (χ1) is 9.61. The molecule has 0 aromatic heterocycles. The van der Waals surface area contributed by atoms with E-state index < -0.39 is 0 Å². The second-order valence-corrected chi connectivity index (χ2v) is 5.36. The van der Waals surface area contributed by atoms with Gasteiger partial charge in [0, 0.05) is 12.8 Å². The van der Waals surface area contributed by atoms with Gasteiger partial charge in [0.2, 0.25) is 5.91 Å². The monoisotopic (exact) mass is 275 g/mol. The average molecular weight is 275 g/mol. The lowest BCUT2D eigenvalue weighted by Gasteiger charge is -2.18. The van der Waals surface area contributed by atoms with E-state index in [2.05, 4.69) is 29.1 Å². The summed E-state index contributed by atoms with van der Waals surface area (Å²) in [4.78, 5) is 23.0. The van der Waals surface area contributed by atoms with Crippen molar-refractivity contribution < 1.29 is 14.3 Å². The van der Waals surface area contributed by atoms with E-state index in [1.54, 1.807) is 0 Å². The van der Waals surface area contributed by atoms with Crippen LogP contribution in [0, 0.1) is 5.92 Å². The summed E-state index contributed by atoms with van der Waals surface area (Å²) in [6.45, 7) is 2.15. The van der Waals surface area contributed by atoms with Crippen LogP contribution in [0.4, 0.5) is 0 Å². The normalized spacial score (nSPS) is 20.3. The minimum Gasteiger partial charge on any atom is -0.469 e. The molecule has 1 aliphatic carbocycles. The van der Waals surface area contributed by atoms with E-state index in [1.807, 2.05) is 12.1 Å². The number of esters is 1. The van der Waals surface area contributed by atoms with Gasteiger partial charge in [0.05, 0.1) is 13.2 Å². The largest absolute Gasteiger partial charge is 0.469 e. The molecule has 2 atom stereocenters. The molecule has 0 aliphatic heterocycles. The smallest absolute Gasteiger partial charge is 0.305 e. The summed E-state index contributed by atoms with van der Waals surface area (Å²) in [6, 6.07) is 8.34. The van der Waals surface area contributed by atoms with E-state index in [4.69, 9.17) is 0 Å². The standard InChI is InChI=1S/C16H21NO3/c1-11-10-12-6-3-4-7-13(12)16(11)17-14(18)8-5-9-15(19)20-2/h3-4,6-7,11,16H,5,8-10H2,1-2H3,(H,17,18)/t11-,16+/m0/s1. The third-order valence-electron chi connectivity index (χ3n) is 3.83. The van der Waals surface area contributed by atoms with Gasteiger partial charge in [0.25, 0.3) is 0 Å². The number of carbonyl (C=O) groups excluding carboxylic acids is 2. The third-order valence-corrected chi connectivity index (χ3v) is 3.83. The molecule has 1 aliphatic rings. The first kappa shape index (κ1) is 14.6. The molecule has 0 saturated heterocycles. The predicted octanol–water partition coefficient (Wildman–Crippen LogP) is 2.38. The summed E-state index contributed by atoms with van der Waals surface area (Å²) in [6.07, 6.45) is 2.19. The molecule has 0 radical (unpaired) electrons. The Morgan fingerprint density at radius 1 is 1.30 bits per heavy atom. The van der Waals surface area contributed by atoms with Crippen molar-refractivity contribution in [2.45, 2.75) is 38.6 Å². The van der Waals surface area contributed by atoms with Crippen LogP contribution in [0.25, 0.3) is 0 Å². The second kappa shape index (κ2) is 6.55. The molecule has 1 aromatic rings. The van der Waals surface area contributed by atoms with Crippen LogP contribution < -0.4 is 5.32 Å². The van der Waals surface area contributed by atoms with E-state index in [0.29, 0.717) is 25.2 Å². The van der Waals surface area contributed by atoms with Crippen LogP contribution in [0.1, 0.15) is 43.4 Å². The molecule has 0 unspecified atom stereocenters. The van der Waals surface area contributed by atoms with Gasteiger partial charge in [-0.25, -0.2) is 0 Å². The van der Waals surface area contributed by atoms with Gasteiger partial charge in [-0.1, -0.05) is 31.2 Å². The molecule has 4 nitrogen and oxygen atoms in total. The zero-order valence-electron chi connectivity index (χ0n) is 12.0. The number of fused-ring (bicyclic) bond motifs is 1. The zero-order chi connectivity index (χ0) is 14.5. The number of nitrogens with one attached hydrogen (secondary N) is 1. The third kappa shape index (κ3) is 3.38. The fourth-order valence-electron chi connectivity index (χ4n) is 2.76. The van der Waals surface area contributed by atoms with Crippen LogP contribution in [-0.2, 0) is 20.7 Å². The first-order valence-electron chi connectivity index (χ1n) is 7.05. The summed E-state index contributed by atoms with van der Waals surface area (Å²) in [5.41, 5.74) is 2.54. The molecule has 2 rings (SSSR count). The molecule has 1 aromatic carbocycles. The van der Waals surface area contributed by atoms with Gasteiger partial charge in [-0.15, -0.1) is 0 Å². The Balaban J connectivity index is 1.87. The number of carbonyl (C=O) groups is 2. The SMILES string of the molecule is COC(=O)CCCC(=O)N[C@H]1c2ccccc2C[C@@H]1C. The number of ether oxygens (including phenoxy) is 1. The van der Waals surface area contributed by atoms with E-state index in [9.17, 15) is 9.59 Å². The summed E-state index contributed by atoms with van der Waals surface area (Å²) < 4.78 is 4.56. The van der Waals surface area contributed by atoms with E-state index in [1.165, 1.54) is 18.2 Å². The minimum absolute atomic E-state index is 0.00227. The fraction of sp³-hybridized carbons (Fsp3) is 0.500. The van der Waals surface area contributed by atoms with Crippen LogP contribution in [-0.4, -0.2) is 19.0 Å². The Morgan fingerprint density at radius 2 is 2.05 bits per heavy atom. The van der Waals surface area contributed by atoms with Gasteiger partial charge < -0.3 is 10.1 Å². The molecular weight excluding hydrogens is 254 g/mol. The average Bonchev–Trinajstić information content (AvgIpc) is 2.75. The van der Waals surface area contributed by atoms with Crippen LogP contribution in [0.5, 0.6) is 0 Å². The lowest BCUT2D eigenvalue weighted by Crippen LogP contribution is -2.30. The topological polar surface area (TPSA) is 55.4 Å². The van der Waals surface area contributed by atoms with Crippen LogP contribution in [0.15, 0.2) is 24.3 Å². The molecule has 108 valence electrons. The lowest BCUT2D eigenvalue weighted by molar-refractivity contribution is -0.140. The highest BCUT2D eigenvalue weighted by Gasteiger charge is 2.29. The first-order valence-corrected chi connectivity index (χ1v) is 7.05. The maximum atomic E-state index is 12.0. The second-order valence-electron chi connectivity index (χ2n) is 5.36. The van der Waals surface area contributed by atoms with Gasteiger partial charge in [0.1, 0.15) is 0 Å². The zero-order valence-corrected chi connectivity index (χ0v) is 12.0. The number of benzene rings is 1. The Kier molecular flexibility index (Phi) is 4.77. The molecule has 0 bridgehead atoms. The van der Waals surface area contributed by atoms with Crippen LogP contribution in [0.3, 0.4) is 0 Å². The summed E-state index contributed by atoms with van der Waals surface area (Å²) in [5, 5.41) is 3.09. The number of amides is 1. The van der Waals surface area contributed by atoms with Crippen molar-refractivity contribution in [1.29, 1.82) is 0 Å². The van der Waals surface area contributed by atoms with Crippen molar-refractivity contribution in [3.8, 4) is 0 Å². The summed E-state index contributed by atoms with van der Waals surface area (Å²) in [5.74, 6) is 0.150. The Labute approximate surface area is 119 Å². The number of methoxy groups -OCH3 is 1. The van der Waals surface area contributed by atoms with Gasteiger partial charge in [0.15, 0.2) is 0 Å². The molecule has 1 amide bonds. The highest BCUT2D eigenvalue weighted by atomic mass is 16.5. The Hall–Kier alpha value is -1.84. The summed E-state index contributed by atoms with van der Waals surface area (Å²) in [7, 11) is 1.36. The maximum Gasteiger partial charge on any atom is 0.305 e. The van der Waals surface area contributed by atoms with E-state index in [0.717, 1.165) is 6.42 Å². The Bertz CT molecular complexity index is 498. The Morgan fingerprint density at radius 3 is 2.80 bits per heavy atom. The minimum atomic E-state index is -0.266. The highest BCUT2D eigenvalue weighted by molar-refractivity contribution is 5.77. The van der Waals surface area contributed by atoms with E-state index >= 15 is 0 Å². The van der Waals surface area contributed by atoms with Crippen molar-refractivity contribution in [2.75, 3.05) is 7.11 Å².